The molecule has 1 amide bonds. The molecule has 2 heterocycles. The summed E-state index contributed by atoms with van der Waals surface area (Å²) in [7, 11) is 1.29. The topological polar surface area (TPSA) is 71.8 Å². The van der Waals surface area contributed by atoms with Gasteiger partial charge in [-0.25, -0.2) is 4.39 Å². The number of rotatable bonds is 3. The number of fused-ring (bicyclic) bond motifs is 3. The van der Waals surface area contributed by atoms with E-state index >= 15 is 0 Å². The Bertz CT molecular complexity index is 724. The highest BCUT2D eigenvalue weighted by Crippen LogP contribution is 2.35. The van der Waals surface area contributed by atoms with Crippen LogP contribution in [0.2, 0.25) is 0 Å². The molecule has 20 heavy (non-hydrogen) atoms. The Morgan fingerprint density at radius 2 is 2.20 bits per heavy atom. The van der Waals surface area contributed by atoms with Crippen molar-refractivity contribution >= 4 is 22.8 Å². The average Bonchev–Trinajstić information content (AvgIpc) is 2.86. The van der Waals surface area contributed by atoms with Crippen molar-refractivity contribution in [3.8, 4) is 0 Å². The number of carboxylic acid groups (broad SMARTS) is 1. The van der Waals surface area contributed by atoms with Crippen molar-refractivity contribution in [2.75, 3.05) is 7.11 Å². The first kappa shape index (κ1) is 12.6. The van der Waals surface area contributed by atoms with Crippen molar-refractivity contribution in [2.24, 2.45) is 0 Å². The Kier molecular flexibility index (Phi) is 2.72. The van der Waals surface area contributed by atoms with E-state index in [0.717, 1.165) is 5.06 Å². The molecule has 1 aromatic carbocycles. The predicted octanol–water partition coefficient (Wildman–Crippen LogP) is 1.77. The van der Waals surface area contributed by atoms with E-state index in [2.05, 4.69) is 0 Å². The Morgan fingerprint density at radius 1 is 1.45 bits per heavy atom. The molecule has 0 saturated heterocycles. The van der Waals surface area contributed by atoms with Crippen LogP contribution in [0.25, 0.3) is 10.9 Å². The van der Waals surface area contributed by atoms with E-state index in [4.69, 9.17) is 9.94 Å². The first-order valence-electron chi connectivity index (χ1n) is 5.93. The molecule has 0 fully saturated rings. The molecular weight excluding hydrogens is 267 g/mol. The summed E-state index contributed by atoms with van der Waals surface area (Å²) >= 11 is 0. The Labute approximate surface area is 112 Å². The smallest absolute Gasteiger partial charge is 0.307 e. The van der Waals surface area contributed by atoms with Gasteiger partial charge in [-0.2, -0.15) is 5.06 Å². The lowest BCUT2D eigenvalue weighted by molar-refractivity contribution is -0.153. The van der Waals surface area contributed by atoms with Gasteiger partial charge < -0.3 is 9.67 Å². The Hall–Kier alpha value is -2.41. The van der Waals surface area contributed by atoms with E-state index < -0.39 is 23.9 Å². The van der Waals surface area contributed by atoms with E-state index in [0.29, 0.717) is 16.6 Å². The summed E-state index contributed by atoms with van der Waals surface area (Å²) in [6.45, 7) is 0. The van der Waals surface area contributed by atoms with Crippen molar-refractivity contribution in [3.63, 3.8) is 0 Å². The van der Waals surface area contributed by atoms with E-state index in [1.807, 2.05) is 0 Å². The third-order valence-corrected chi connectivity index (χ3v) is 3.35. The summed E-state index contributed by atoms with van der Waals surface area (Å²) in [5, 5.41) is 10.7. The molecule has 1 unspecified atom stereocenters. The van der Waals surface area contributed by atoms with Crippen molar-refractivity contribution in [3.05, 3.63) is 35.8 Å². The summed E-state index contributed by atoms with van der Waals surface area (Å²) in [6.07, 6.45) is -1.15. The zero-order valence-corrected chi connectivity index (χ0v) is 10.5. The minimum absolute atomic E-state index is 0.290. The highest BCUT2D eigenvalue weighted by atomic mass is 19.1. The zero-order valence-electron chi connectivity index (χ0n) is 10.5. The molecular formula is C13H11FN2O4. The highest BCUT2D eigenvalue weighted by Gasteiger charge is 2.39. The third kappa shape index (κ3) is 1.67. The van der Waals surface area contributed by atoms with E-state index in [9.17, 15) is 14.0 Å². The molecule has 7 heteroatoms. The molecule has 1 aliphatic rings. The van der Waals surface area contributed by atoms with Gasteiger partial charge in [-0.15, -0.1) is 0 Å². The number of carbonyl (C=O) groups excluding carboxylic acids is 1. The minimum Gasteiger partial charge on any atom is -0.481 e. The number of aliphatic carboxylic acids is 1. The lowest BCUT2D eigenvalue weighted by Gasteiger charge is -2.22. The maximum atomic E-state index is 13.4. The second kappa shape index (κ2) is 4.31. The van der Waals surface area contributed by atoms with Gasteiger partial charge in [0.15, 0.2) is 0 Å². The number of halogens is 1. The van der Waals surface area contributed by atoms with Crippen molar-refractivity contribution < 1.29 is 23.9 Å². The SMILES string of the molecule is CON1C(=O)c2cc3ccc(F)cc3n2C1CC(=O)O. The summed E-state index contributed by atoms with van der Waals surface area (Å²) in [5.74, 6) is -1.96. The summed E-state index contributed by atoms with van der Waals surface area (Å²) < 4.78 is 14.9. The van der Waals surface area contributed by atoms with Gasteiger partial charge in [-0.1, -0.05) is 0 Å². The van der Waals surface area contributed by atoms with Gasteiger partial charge in [-0.3, -0.25) is 14.4 Å². The number of amides is 1. The van der Waals surface area contributed by atoms with Crippen LogP contribution < -0.4 is 0 Å². The fourth-order valence-corrected chi connectivity index (χ4v) is 2.57. The van der Waals surface area contributed by atoms with Gasteiger partial charge in [0.1, 0.15) is 17.7 Å². The summed E-state index contributed by atoms with van der Waals surface area (Å²) in [5.41, 5.74) is 0.762. The number of hydroxylamine groups is 2. The molecule has 0 spiro atoms. The number of hydrogen-bond donors (Lipinski definition) is 1. The first-order chi connectivity index (χ1) is 9.52. The van der Waals surface area contributed by atoms with Crippen LogP contribution in [0, 0.1) is 5.82 Å². The van der Waals surface area contributed by atoms with Gasteiger partial charge >= 0.3 is 5.97 Å². The predicted molar refractivity (Wildman–Crippen MR) is 66.4 cm³/mol. The zero-order chi connectivity index (χ0) is 14.4. The summed E-state index contributed by atoms with van der Waals surface area (Å²) in [6, 6.07) is 5.73. The lowest BCUT2D eigenvalue weighted by Crippen LogP contribution is -2.30. The molecule has 1 aliphatic heterocycles. The maximum Gasteiger partial charge on any atom is 0.307 e. The van der Waals surface area contributed by atoms with Gasteiger partial charge in [0.25, 0.3) is 5.91 Å². The number of hydrogen-bond acceptors (Lipinski definition) is 3. The third-order valence-electron chi connectivity index (χ3n) is 3.35. The average molecular weight is 278 g/mol. The molecule has 0 aliphatic carbocycles. The molecule has 1 N–H and O–H groups in total. The maximum absolute atomic E-state index is 13.4. The normalized spacial score (nSPS) is 17.8. The second-order valence-electron chi connectivity index (χ2n) is 4.49. The van der Waals surface area contributed by atoms with Crippen molar-refractivity contribution in [2.45, 2.75) is 12.6 Å². The van der Waals surface area contributed by atoms with Gasteiger partial charge in [0.2, 0.25) is 0 Å². The van der Waals surface area contributed by atoms with E-state index in [-0.39, 0.29) is 6.42 Å². The quantitative estimate of drug-likeness (QED) is 0.928. The number of benzene rings is 1. The number of aromatic nitrogens is 1. The van der Waals surface area contributed by atoms with Crippen molar-refractivity contribution in [1.29, 1.82) is 0 Å². The van der Waals surface area contributed by atoms with E-state index in [1.54, 1.807) is 12.1 Å². The van der Waals surface area contributed by atoms with Crippen LogP contribution in [-0.2, 0) is 9.63 Å². The highest BCUT2D eigenvalue weighted by molar-refractivity contribution is 6.00. The number of carboxylic acids is 1. The van der Waals surface area contributed by atoms with Gasteiger partial charge in [-0.05, 0) is 24.3 Å². The van der Waals surface area contributed by atoms with Crippen LogP contribution in [0.4, 0.5) is 4.39 Å². The van der Waals surface area contributed by atoms with Crippen LogP contribution in [0.1, 0.15) is 23.1 Å². The molecule has 3 rings (SSSR count). The molecule has 1 atom stereocenters. The molecule has 104 valence electrons. The standard InChI is InChI=1S/C13H11FN2O4/c1-20-16-11(6-12(17)18)15-9-5-8(14)3-2-7(9)4-10(15)13(16)19/h2-5,11H,6H2,1H3,(H,17,18). The molecule has 2 aromatic rings. The monoisotopic (exact) mass is 278 g/mol. The van der Waals surface area contributed by atoms with Crippen LogP contribution in [0.15, 0.2) is 24.3 Å². The Balaban J connectivity index is 2.22. The van der Waals surface area contributed by atoms with E-state index in [1.165, 1.54) is 23.8 Å². The molecule has 0 radical (unpaired) electrons. The lowest BCUT2D eigenvalue weighted by atomic mass is 10.2. The molecule has 1 aromatic heterocycles. The van der Waals surface area contributed by atoms with Crippen LogP contribution in [0.5, 0.6) is 0 Å². The van der Waals surface area contributed by atoms with Crippen LogP contribution in [-0.4, -0.2) is 33.7 Å². The summed E-state index contributed by atoms with van der Waals surface area (Å²) in [4.78, 5) is 28.1. The fourth-order valence-electron chi connectivity index (χ4n) is 2.57. The number of carbonyl (C=O) groups is 2. The molecule has 0 saturated carbocycles. The van der Waals surface area contributed by atoms with Crippen LogP contribution in [0.3, 0.4) is 0 Å². The second-order valence-corrected chi connectivity index (χ2v) is 4.49. The fraction of sp³-hybridized carbons (Fsp3) is 0.231. The van der Waals surface area contributed by atoms with Gasteiger partial charge in [0, 0.05) is 5.39 Å². The largest absolute Gasteiger partial charge is 0.481 e. The molecule has 6 nitrogen and oxygen atoms in total. The molecule has 0 bridgehead atoms. The minimum atomic E-state index is -1.07. The van der Waals surface area contributed by atoms with Gasteiger partial charge in [0.05, 0.1) is 19.0 Å². The van der Waals surface area contributed by atoms with Crippen LogP contribution >= 0.6 is 0 Å². The number of nitrogens with zero attached hydrogens (tertiary/aromatic N) is 2. The first-order valence-corrected chi connectivity index (χ1v) is 5.93. The Morgan fingerprint density at radius 3 is 2.85 bits per heavy atom. The van der Waals surface area contributed by atoms with Crippen molar-refractivity contribution in [1.82, 2.24) is 9.63 Å².